The number of nitrogens with zero attached hydrogens (tertiary/aromatic N) is 3. The Hall–Kier alpha value is -1.37. The number of imidazole rings is 1. The van der Waals surface area contributed by atoms with Crippen molar-refractivity contribution in [2.45, 2.75) is 45.1 Å². The zero-order valence-electron chi connectivity index (χ0n) is 13.8. The molecule has 2 aliphatic heterocycles. The standard InChI is InChI=1S/C16H25N3O3S/c1-12(2)15-17-6-8-19(15)14-4-3-7-18(10-14)16(20)13-5-9-23(21,22)11-13/h6,8,12-14H,3-5,7,9-11H2,1-2H3/t13-,14-/m1/s1. The van der Waals surface area contributed by atoms with E-state index in [1.54, 1.807) is 0 Å². The van der Waals surface area contributed by atoms with Crippen LogP contribution in [0.3, 0.4) is 0 Å². The lowest BCUT2D eigenvalue weighted by Crippen LogP contribution is -2.44. The van der Waals surface area contributed by atoms with E-state index in [1.807, 2.05) is 17.3 Å². The summed E-state index contributed by atoms with van der Waals surface area (Å²) < 4.78 is 25.4. The van der Waals surface area contributed by atoms with Crippen molar-refractivity contribution in [3.05, 3.63) is 18.2 Å². The van der Waals surface area contributed by atoms with E-state index >= 15 is 0 Å². The number of hydrogen-bond donors (Lipinski definition) is 0. The molecular formula is C16H25N3O3S. The van der Waals surface area contributed by atoms with E-state index in [1.165, 1.54) is 0 Å². The van der Waals surface area contributed by atoms with Gasteiger partial charge in [-0.1, -0.05) is 13.8 Å². The topological polar surface area (TPSA) is 72.3 Å². The van der Waals surface area contributed by atoms with Gasteiger partial charge in [0.2, 0.25) is 5.91 Å². The van der Waals surface area contributed by atoms with Crippen LogP contribution in [0.15, 0.2) is 12.4 Å². The summed E-state index contributed by atoms with van der Waals surface area (Å²) in [5.74, 6) is 1.24. The largest absolute Gasteiger partial charge is 0.340 e. The smallest absolute Gasteiger partial charge is 0.226 e. The van der Waals surface area contributed by atoms with E-state index in [0.717, 1.165) is 25.2 Å². The summed E-state index contributed by atoms with van der Waals surface area (Å²) in [7, 11) is -3.02. The molecule has 6 nitrogen and oxygen atoms in total. The second kappa shape index (κ2) is 6.26. The molecule has 0 N–H and O–H groups in total. The molecule has 7 heteroatoms. The minimum atomic E-state index is -3.02. The van der Waals surface area contributed by atoms with Gasteiger partial charge in [0.1, 0.15) is 5.82 Å². The fraction of sp³-hybridized carbons (Fsp3) is 0.750. The Bertz CT molecular complexity index is 680. The first-order valence-corrected chi connectivity index (χ1v) is 10.2. The Morgan fingerprint density at radius 1 is 1.35 bits per heavy atom. The van der Waals surface area contributed by atoms with Gasteiger partial charge in [0.25, 0.3) is 0 Å². The van der Waals surface area contributed by atoms with Gasteiger partial charge in [-0.05, 0) is 19.3 Å². The van der Waals surface area contributed by atoms with Gasteiger partial charge in [-0.2, -0.15) is 0 Å². The van der Waals surface area contributed by atoms with Crippen molar-refractivity contribution in [3.63, 3.8) is 0 Å². The van der Waals surface area contributed by atoms with Crippen molar-refractivity contribution in [2.75, 3.05) is 24.6 Å². The average Bonchev–Trinajstić information content (AvgIpc) is 3.13. The van der Waals surface area contributed by atoms with Crippen molar-refractivity contribution in [1.29, 1.82) is 0 Å². The van der Waals surface area contributed by atoms with Crippen LogP contribution in [0.2, 0.25) is 0 Å². The van der Waals surface area contributed by atoms with Crippen molar-refractivity contribution in [1.82, 2.24) is 14.5 Å². The van der Waals surface area contributed by atoms with Gasteiger partial charge >= 0.3 is 0 Å². The van der Waals surface area contributed by atoms with Crippen LogP contribution in [0.1, 0.15) is 50.9 Å². The third-order valence-electron chi connectivity index (χ3n) is 4.90. The maximum absolute atomic E-state index is 12.7. The third-order valence-corrected chi connectivity index (χ3v) is 6.67. The number of amides is 1. The van der Waals surface area contributed by atoms with E-state index in [-0.39, 0.29) is 29.4 Å². The molecule has 0 bridgehead atoms. The fourth-order valence-corrected chi connectivity index (χ4v) is 5.44. The van der Waals surface area contributed by atoms with Crippen LogP contribution < -0.4 is 0 Å². The van der Waals surface area contributed by atoms with Gasteiger partial charge < -0.3 is 9.47 Å². The van der Waals surface area contributed by atoms with Gasteiger partial charge in [0.05, 0.1) is 23.5 Å². The number of hydrogen-bond acceptors (Lipinski definition) is 4. The van der Waals surface area contributed by atoms with Gasteiger partial charge in [-0.3, -0.25) is 4.79 Å². The van der Waals surface area contributed by atoms with Crippen molar-refractivity contribution >= 4 is 15.7 Å². The Balaban J connectivity index is 1.71. The molecule has 2 saturated heterocycles. The Kier molecular flexibility index (Phi) is 4.49. The summed E-state index contributed by atoms with van der Waals surface area (Å²) in [6, 6.07) is 0.241. The molecule has 1 aromatic heterocycles. The molecule has 0 aromatic carbocycles. The normalized spacial score (nSPS) is 27.5. The molecule has 0 radical (unpaired) electrons. The van der Waals surface area contributed by atoms with Crippen LogP contribution in [0.4, 0.5) is 0 Å². The molecule has 0 aliphatic carbocycles. The van der Waals surface area contributed by atoms with Crippen molar-refractivity contribution in [2.24, 2.45) is 5.92 Å². The van der Waals surface area contributed by atoms with Gasteiger partial charge in [0.15, 0.2) is 9.84 Å². The highest BCUT2D eigenvalue weighted by atomic mass is 32.2. The Labute approximate surface area is 137 Å². The van der Waals surface area contributed by atoms with E-state index in [9.17, 15) is 13.2 Å². The zero-order chi connectivity index (χ0) is 16.6. The minimum Gasteiger partial charge on any atom is -0.340 e. The van der Waals surface area contributed by atoms with E-state index in [2.05, 4.69) is 23.4 Å². The van der Waals surface area contributed by atoms with Gasteiger partial charge in [-0.15, -0.1) is 0 Å². The molecule has 0 unspecified atom stereocenters. The Morgan fingerprint density at radius 2 is 2.13 bits per heavy atom. The van der Waals surface area contributed by atoms with Crippen molar-refractivity contribution in [3.8, 4) is 0 Å². The number of rotatable bonds is 3. The summed E-state index contributed by atoms with van der Waals surface area (Å²) in [6.45, 7) is 5.63. The summed E-state index contributed by atoms with van der Waals surface area (Å²) in [5.41, 5.74) is 0. The molecule has 3 rings (SSSR count). The molecule has 2 atom stereocenters. The molecule has 2 fully saturated rings. The van der Waals surface area contributed by atoms with Crippen LogP contribution in [0, 0.1) is 5.92 Å². The number of carbonyl (C=O) groups is 1. The molecule has 0 spiro atoms. The summed E-state index contributed by atoms with van der Waals surface area (Å²) >= 11 is 0. The maximum atomic E-state index is 12.7. The molecule has 1 amide bonds. The zero-order valence-corrected chi connectivity index (χ0v) is 14.6. The first-order valence-electron chi connectivity index (χ1n) is 8.39. The predicted molar refractivity (Wildman–Crippen MR) is 87.9 cm³/mol. The summed E-state index contributed by atoms with van der Waals surface area (Å²) in [4.78, 5) is 19.0. The highest BCUT2D eigenvalue weighted by Gasteiger charge is 2.37. The van der Waals surface area contributed by atoms with Crippen LogP contribution in [0.25, 0.3) is 0 Å². The second-order valence-corrected chi connectivity index (χ2v) is 9.26. The molecule has 128 valence electrons. The highest BCUT2D eigenvalue weighted by Crippen LogP contribution is 2.28. The maximum Gasteiger partial charge on any atom is 0.226 e. The number of carbonyl (C=O) groups excluding carboxylic acids is 1. The SMILES string of the molecule is CC(C)c1nccn1[C@@H]1CCCN(C(=O)[C@@H]2CCS(=O)(=O)C2)C1. The van der Waals surface area contributed by atoms with E-state index in [4.69, 9.17) is 0 Å². The minimum absolute atomic E-state index is 0.0157. The molecule has 2 aliphatic rings. The highest BCUT2D eigenvalue weighted by molar-refractivity contribution is 7.91. The monoisotopic (exact) mass is 339 g/mol. The first kappa shape index (κ1) is 16.5. The summed E-state index contributed by atoms with van der Waals surface area (Å²) in [5, 5.41) is 0. The number of sulfone groups is 1. The van der Waals surface area contributed by atoms with Crippen LogP contribution in [0.5, 0.6) is 0 Å². The molecule has 0 saturated carbocycles. The van der Waals surface area contributed by atoms with Crippen LogP contribution in [-0.4, -0.2) is 53.4 Å². The fourth-order valence-electron chi connectivity index (χ4n) is 3.71. The predicted octanol–water partition coefficient (Wildman–Crippen LogP) is 1.60. The van der Waals surface area contributed by atoms with E-state index < -0.39 is 9.84 Å². The summed E-state index contributed by atoms with van der Waals surface area (Å²) in [6.07, 6.45) is 6.27. The van der Waals surface area contributed by atoms with Gasteiger partial charge in [0, 0.05) is 31.4 Å². The number of aromatic nitrogens is 2. The number of likely N-dealkylation sites (tertiary alicyclic amines) is 1. The van der Waals surface area contributed by atoms with E-state index in [0.29, 0.717) is 18.9 Å². The molecule has 23 heavy (non-hydrogen) atoms. The van der Waals surface area contributed by atoms with Crippen LogP contribution >= 0.6 is 0 Å². The van der Waals surface area contributed by atoms with Crippen molar-refractivity contribution < 1.29 is 13.2 Å². The lowest BCUT2D eigenvalue weighted by atomic mass is 10.0. The molecule has 1 aromatic rings. The lowest BCUT2D eigenvalue weighted by molar-refractivity contribution is -0.136. The second-order valence-electron chi connectivity index (χ2n) is 7.03. The quantitative estimate of drug-likeness (QED) is 0.838. The first-order chi connectivity index (χ1) is 10.9. The molecular weight excluding hydrogens is 314 g/mol. The Morgan fingerprint density at radius 3 is 2.78 bits per heavy atom. The number of piperidine rings is 1. The van der Waals surface area contributed by atoms with Gasteiger partial charge in [-0.25, -0.2) is 13.4 Å². The lowest BCUT2D eigenvalue weighted by Gasteiger charge is -2.35. The molecule has 3 heterocycles. The third kappa shape index (κ3) is 3.44. The van der Waals surface area contributed by atoms with Crippen LogP contribution in [-0.2, 0) is 14.6 Å². The average molecular weight is 339 g/mol.